The summed E-state index contributed by atoms with van der Waals surface area (Å²) in [6, 6.07) is 8.84. The number of nitrogens with zero attached hydrogens (tertiary/aromatic N) is 2. The van der Waals surface area contributed by atoms with E-state index in [1.807, 2.05) is 14.1 Å². The summed E-state index contributed by atoms with van der Waals surface area (Å²) in [5.41, 5.74) is 5.09. The van der Waals surface area contributed by atoms with E-state index in [-0.39, 0.29) is 0 Å². The fraction of sp³-hybridized carbons (Fsp3) is 0.529. The molecule has 128 valence electrons. The van der Waals surface area contributed by atoms with Gasteiger partial charge >= 0.3 is 39.3 Å². The van der Waals surface area contributed by atoms with Gasteiger partial charge in [-0.05, 0) is 44.6 Å². The van der Waals surface area contributed by atoms with Crippen LogP contribution < -0.4 is 0 Å². The van der Waals surface area contributed by atoms with Gasteiger partial charge in [0.15, 0.2) is 0 Å². The average Bonchev–Trinajstić information content (AvgIpc) is 2.53. The zero-order chi connectivity index (χ0) is 16.8. The first-order valence-electron chi connectivity index (χ1n) is 7.42. The molecule has 2 nitrogen and oxygen atoms in total. The fourth-order valence-corrected chi connectivity index (χ4v) is 2.25. The Bertz CT molecular complexity index is 456. The molecule has 0 aliphatic heterocycles. The van der Waals surface area contributed by atoms with E-state index < -0.39 is 0 Å². The van der Waals surface area contributed by atoms with E-state index in [4.69, 9.17) is 0 Å². The molecule has 0 spiro atoms. The standard InChI is InChI=1S/C17H26N2.2BrH.Ni/c1-5-16(18-3)17(19-4)9-7-6-8-15-12-10-14(2)11-13-15;;;/h10-13H,5-9H2,1-4H3;2*1H;/q;;;+2/p-2. The van der Waals surface area contributed by atoms with E-state index in [0.717, 1.165) is 25.0 Å². The zero-order valence-corrected chi connectivity index (χ0v) is 18.0. The van der Waals surface area contributed by atoms with Crippen LogP contribution in [0.1, 0.15) is 43.7 Å². The Kier molecular flexibility index (Phi) is 14.6. The number of hydrogen-bond donors (Lipinski definition) is 0. The van der Waals surface area contributed by atoms with Crippen molar-refractivity contribution in [2.24, 2.45) is 9.98 Å². The Morgan fingerprint density at radius 1 is 1.00 bits per heavy atom. The average molecular weight is 477 g/mol. The maximum atomic E-state index is 4.37. The summed E-state index contributed by atoms with van der Waals surface area (Å²) >= 11 is 6.00. The number of aliphatic imine (C=N–C) groups is 2. The van der Waals surface area contributed by atoms with E-state index >= 15 is 0 Å². The molecular formula is C17H26Br2N2Ni. The SMILES string of the molecule is CCC(=NC)C(CCCCc1ccc(C)cc1)=NC.[Br][Ni][Br]. The summed E-state index contributed by atoms with van der Waals surface area (Å²) in [5.74, 6) is 0. The predicted octanol–water partition coefficient (Wildman–Crippen LogP) is 5.95. The number of aryl methyl sites for hydroxylation is 2. The molecule has 1 aromatic carbocycles. The Morgan fingerprint density at radius 3 is 2.00 bits per heavy atom. The number of hydrogen-bond acceptors (Lipinski definition) is 2. The van der Waals surface area contributed by atoms with Crippen molar-refractivity contribution in [1.29, 1.82) is 0 Å². The van der Waals surface area contributed by atoms with Gasteiger partial charge in [0.1, 0.15) is 0 Å². The fourth-order valence-electron chi connectivity index (χ4n) is 2.25. The predicted molar refractivity (Wildman–Crippen MR) is 104 cm³/mol. The van der Waals surface area contributed by atoms with Crippen molar-refractivity contribution in [2.45, 2.75) is 46.0 Å². The van der Waals surface area contributed by atoms with Crippen LogP contribution in [-0.4, -0.2) is 25.5 Å². The first kappa shape index (κ1) is 22.0. The molecule has 0 atom stereocenters. The molecule has 0 aliphatic carbocycles. The van der Waals surface area contributed by atoms with Gasteiger partial charge in [0.05, 0.1) is 11.4 Å². The number of halogens is 2. The van der Waals surface area contributed by atoms with Gasteiger partial charge in [-0.1, -0.05) is 36.8 Å². The Balaban J connectivity index is 0.00000135. The van der Waals surface area contributed by atoms with Crippen LogP contribution >= 0.6 is 28.5 Å². The van der Waals surface area contributed by atoms with Gasteiger partial charge in [0.2, 0.25) is 0 Å². The molecule has 0 N–H and O–H groups in total. The van der Waals surface area contributed by atoms with Crippen molar-refractivity contribution in [1.82, 2.24) is 0 Å². The molecule has 22 heavy (non-hydrogen) atoms. The molecule has 0 bridgehead atoms. The Labute approximate surface area is 155 Å². The molecule has 0 aliphatic rings. The zero-order valence-electron chi connectivity index (χ0n) is 13.8. The molecule has 0 fully saturated rings. The van der Waals surface area contributed by atoms with Crippen molar-refractivity contribution in [2.75, 3.05) is 14.1 Å². The molecule has 0 saturated heterocycles. The van der Waals surface area contributed by atoms with Crippen LogP contribution in [0.2, 0.25) is 0 Å². The van der Waals surface area contributed by atoms with Crippen molar-refractivity contribution in [3.63, 3.8) is 0 Å². The van der Waals surface area contributed by atoms with Gasteiger partial charge in [0, 0.05) is 14.1 Å². The van der Waals surface area contributed by atoms with E-state index in [2.05, 4.69) is 76.5 Å². The molecule has 0 saturated carbocycles. The van der Waals surface area contributed by atoms with E-state index in [0.29, 0.717) is 0 Å². The van der Waals surface area contributed by atoms with Crippen LogP contribution in [0.4, 0.5) is 0 Å². The van der Waals surface area contributed by atoms with E-state index in [1.165, 1.54) is 40.6 Å². The number of benzene rings is 1. The van der Waals surface area contributed by atoms with Crippen molar-refractivity contribution in [3.05, 3.63) is 35.4 Å². The normalized spacial score (nSPS) is 12.1. The molecule has 0 amide bonds. The van der Waals surface area contributed by atoms with Crippen LogP contribution in [0, 0.1) is 6.92 Å². The molecule has 0 unspecified atom stereocenters. The molecule has 0 aromatic heterocycles. The van der Waals surface area contributed by atoms with Crippen LogP contribution in [0.5, 0.6) is 0 Å². The number of unbranched alkanes of at least 4 members (excludes halogenated alkanes) is 1. The summed E-state index contributed by atoms with van der Waals surface area (Å²) in [5, 5.41) is 0. The summed E-state index contributed by atoms with van der Waals surface area (Å²) in [6.45, 7) is 4.27. The Hall–Kier alpha value is 0.0135. The summed E-state index contributed by atoms with van der Waals surface area (Å²) in [7, 11) is 4.98. The third kappa shape index (κ3) is 9.91. The molecule has 1 aromatic rings. The second kappa shape index (κ2) is 14.6. The first-order chi connectivity index (χ1) is 10.6. The van der Waals surface area contributed by atoms with Gasteiger partial charge in [-0.2, -0.15) is 0 Å². The Morgan fingerprint density at radius 2 is 1.55 bits per heavy atom. The van der Waals surface area contributed by atoms with Crippen LogP contribution in [0.15, 0.2) is 34.3 Å². The van der Waals surface area contributed by atoms with Gasteiger partial charge in [-0.15, -0.1) is 0 Å². The van der Waals surface area contributed by atoms with Gasteiger partial charge < -0.3 is 0 Å². The minimum atomic E-state index is 0.973. The first-order valence-corrected chi connectivity index (χ1v) is 12.3. The van der Waals surface area contributed by atoms with E-state index in [9.17, 15) is 0 Å². The summed E-state index contributed by atoms with van der Waals surface area (Å²) in [6.07, 6.45) is 5.56. The van der Waals surface area contributed by atoms with Crippen LogP contribution in [0.25, 0.3) is 0 Å². The second-order valence-corrected chi connectivity index (χ2v) is 9.92. The monoisotopic (exact) mass is 474 g/mol. The third-order valence-electron chi connectivity index (χ3n) is 3.46. The van der Waals surface area contributed by atoms with Crippen molar-refractivity contribution >= 4 is 39.9 Å². The quantitative estimate of drug-likeness (QED) is 0.264. The number of rotatable bonds is 7. The molecule has 0 radical (unpaired) electrons. The van der Waals surface area contributed by atoms with Crippen molar-refractivity contribution in [3.8, 4) is 0 Å². The minimum absolute atomic E-state index is 0.973. The van der Waals surface area contributed by atoms with Crippen molar-refractivity contribution < 1.29 is 10.9 Å². The third-order valence-corrected chi connectivity index (χ3v) is 3.46. The summed E-state index contributed by atoms with van der Waals surface area (Å²) in [4.78, 5) is 8.68. The molecule has 1 rings (SSSR count). The van der Waals surface area contributed by atoms with Gasteiger partial charge in [-0.25, -0.2) is 0 Å². The van der Waals surface area contributed by atoms with E-state index in [1.54, 1.807) is 0 Å². The molecular weight excluding hydrogens is 451 g/mol. The van der Waals surface area contributed by atoms with Gasteiger partial charge in [-0.3, -0.25) is 9.98 Å². The van der Waals surface area contributed by atoms with Crippen LogP contribution in [-0.2, 0) is 17.3 Å². The topological polar surface area (TPSA) is 24.7 Å². The van der Waals surface area contributed by atoms with Crippen LogP contribution in [0.3, 0.4) is 0 Å². The second-order valence-electron chi connectivity index (χ2n) is 4.93. The molecule has 5 heteroatoms. The van der Waals surface area contributed by atoms with Gasteiger partial charge in [0.25, 0.3) is 0 Å². The maximum absolute atomic E-state index is 4.37. The summed E-state index contributed by atoms with van der Waals surface area (Å²) < 4.78 is 0. The molecule has 0 heterocycles.